The number of anilines is 2. The van der Waals surface area contributed by atoms with Crippen molar-refractivity contribution >= 4 is 45.9 Å². The van der Waals surface area contributed by atoms with E-state index in [-0.39, 0.29) is 18.3 Å². The summed E-state index contributed by atoms with van der Waals surface area (Å²) in [6.45, 7) is 0.181. The number of nitrogens with one attached hydrogen (secondary N) is 2. The van der Waals surface area contributed by atoms with Crippen LogP contribution >= 0.6 is 23.2 Å². The topological polar surface area (TPSA) is 89.1 Å². The lowest BCUT2D eigenvalue weighted by atomic mass is 10.0. The van der Waals surface area contributed by atoms with Gasteiger partial charge in [0.1, 0.15) is 0 Å². The molecule has 0 aliphatic carbocycles. The molecule has 0 radical (unpaired) electrons. The lowest BCUT2D eigenvalue weighted by Crippen LogP contribution is -2.13. The molecule has 0 atom stereocenters. The predicted molar refractivity (Wildman–Crippen MR) is 111 cm³/mol. The number of rotatable bonds is 3. The van der Waals surface area contributed by atoms with Crippen LogP contribution in [0.2, 0.25) is 10.0 Å². The summed E-state index contributed by atoms with van der Waals surface area (Å²) in [7, 11) is 0. The molecule has 9 heteroatoms. The number of halogens is 2. The van der Waals surface area contributed by atoms with Crippen molar-refractivity contribution in [1.29, 1.82) is 0 Å². The quantitative estimate of drug-likeness (QED) is 0.490. The summed E-state index contributed by atoms with van der Waals surface area (Å²) in [6.07, 6.45) is 1.60. The van der Waals surface area contributed by atoms with Crippen LogP contribution in [-0.4, -0.2) is 21.7 Å². The van der Waals surface area contributed by atoms with Gasteiger partial charge in [-0.3, -0.25) is 9.78 Å². The number of pyridine rings is 1. The Morgan fingerprint density at radius 2 is 1.90 bits per heavy atom. The van der Waals surface area contributed by atoms with Gasteiger partial charge in [0.25, 0.3) is 5.56 Å². The molecule has 3 heterocycles. The van der Waals surface area contributed by atoms with Crippen molar-refractivity contribution in [1.82, 2.24) is 15.0 Å². The number of benzene rings is 2. The summed E-state index contributed by atoms with van der Waals surface area (Å²) in [5, 5.41) is 4.28. The lowest BCUT2D eigenvalue weighted by Gasteiger charge is -2.10. The minimum atomic E-state index is -0.330. The fraction of sp³-hybridized carbons (Fsp3) is 0.0500. The third kappa shape index (κ3) is 3.24. The van der Waals surface area contributed by atoms with E-state index in [1.165, 1.54) is 0 Å². The zero-order valence-electron chi connectivity index (χ0n) is 14.7. The molecule has 0 spiro atoms. The first kappa shape index (κ1) is 17.8. The van der Waals surface area contributed by atoms with Gasteiger partial charge in [0.15, 0.2) is 17.1 Å². The summed E-state index contributed by atoms with van der Waals surface area (Å²) in [5.74, 6) is 1.53. The number of H-pyrrole nitrogens is 1. The maximum atomic E-state index is 12.9. The van der Waals surface area contributed by atoms with Crippen molar-refractivity contribution < 1.29 is 9.47 Å². The van der Waals surface area contributed by atoms with Crippen molar-refractivity contribution in [3.8, 4) is 22.6 Å². The summed E-state index contributed by atoms with van der Waals surface area (Å²) < 4.78 is 10.8. The van der Waals surface area contributed by atoms with Crippen molar-refractivity contribution in [2.45, 2.75) is 0 Å². The van der Waals surface area contributed by atoms with Crippen LogP contribution in [0.5, 0.6) is 11.5 Å². The summed E-state index contributed by atoms with van der Waals surface area (Å²) >= 11 is 12.1. The fourth-order valence-corrected chi connectivity index (χ4v) is 3.60. The Morgan fingerprint density at radius 3 is 2.76 bits per heavy atom. The van der Waals surface area contributed by atoms with Gasteiger partial charge in [0.2, 0.25) is 12.7 Å². The van der Waals surface area contributed by atoms with Crippen LogP contribution in [0.3, 0.4) is 0 Å². The molecule has 0 bridgehead atoms. The molecule has 0 amide bonds. The normalized spacial score (nSPS) is 12.3. The molecular formula is C20H12Cl2N4O3. The minimum absolute atomic E-state index is 0.181. The molecule has 1 aliphatic heterocycles. The first-order valence-electron chi connectivity index (χ1n) is 8.59. The lowest BCUT2D eigenvalue weighted by molar-refractivity contribution is 0.174. The van der Waals surface area contributed by atoms with Gasteiger partial charge in [-0.05, 0) is 47.5 Å². The molecular weight excluding hydrogens is 415 g/mol. The van der Waals surface area contributed by atoms with Crippen LogP contribution in [0.4, 0.5) is 11.6 Å². The SMILES string of the molecule is O=c1[nH]c(Nc2ccc(Cl)cc2Cl)nc2nccc(-c3ccc4c(c3)OCO4)c12. The van der Waals surface area contributed by atoms with Crippen LogP contribution in [0, 0.1) is 0 Å². The fourth-order valence-electron chi connectivity index (χ4n) is 3.15. The Morgan fingerprint density at radius 1 is 1.03 bits per heavy atom. The molecule has 7 nitrogen and oxygen atoms in total. The average molecular weight is 427 g/mol. The van der Waals surface area contributed by atoms with Gasteiger partial charge < -0.3 is 14.8 Å². The molecule has 0 saturated heterocycles. The highest BCUT2D eigenvalue weighted by atomic mass is 35.5. The molecule has 2 aromatic carbocycles. The van der Waals surface area contributed by atoms with E-state index in [1.54, 1.807) is 30.5 Å². The molecule has 2 aromatic heterocycles. The van der Waals surface area contributed by atoms with Gasteiger partial charge in [0, 0.05) is 11.2 Å². The summed E-state index contributed by atoms with van der Waals surface area (Å²) in [4.78, 5) is 24.3. The highest BCUT2D eigenvalue weighted by molar-refractivity contribution is 6.36. The van der Waals surface area contributed by atoms with Crippen molar-refractivity contribution in [3.63, 3.8) is 0 Å². The van der Waals surface area contributed by atoms with Gasteiger partial charge in [-0.2, -0.15) is 4.98 Å². The van der Waals surface area contributed by atoms with E-state index in [9.17, 15) is 4.79 Å². The molecule has 0 saturated carbocycles. The van der Waals surface area contributed by atoms with Crippen molar-refractivity contribution in [2.75, 3.05) is 12.1 Å². The van der Waals surface area contributed by atoms with Crippen LogP contribution in [-0.2, 0) is 0 Å². The monoisotopic (exact) mass is 426 g/mol. The van der Waals surface area contributed by atoms with Crippen LogP contribution in [0.15, 0.2) is 53.5 Å². The Bertz CT molecular complexity index is 1320. The van der Waals surface area contributed by atoms with Gasteiger partial charge >= 0.3 is 0 Å². The molecule has 0 fully saturated rings. The highest BCUT2D eigenvalue weighted by Crippen LogP contribution is 2.37. The minimum Gasteiger partial charge on any atom is -0.454 e. The Hall–Kier alpha value is -3.29. The average Bonchev–Trinajstić information content (AvgIpc) is 3.17. The molecule has 144 valence electrons. The number of nitrogens with zero attached hydrogens (tertiary/aromatic N) is 2. The number of hydrogen-bond acceptors (Lipinski definition) is 6. The second-order valence-corrected chi connectivity index (χ2v) is 7.13. The second kappa shape index (κ2) is 6.95. The zero-order valence-corrected chi connectivity index (χ0v) is 16.2. The predicted octanol–water partition coefficient (Wildman–Crippen LogP) is 4.76. The van der Waals surface area contributed by atoms with Gasteiger partial charge in [-0.1, -0.05) is 29.3 Å². The molecule has 0 unspecified atom stereocenters. The third-order valence-corrected chi connectivity index (χ3v) is 5.02. The number of ether oxygens (including phenoxy) is 2. The third-order valence-electron chi connectivity index (χ3n) is 4.48. The molecule has 29 heavy (non-hydrogen) atoms. The Labute approximate surface area is 174 Å². The van der Waals surface area contributed by atoms with Crippen molar-refractivity contribution in [3.05, 3.63) is 69.1 Å². The van der Waals surface area contributed by atoms with E-state index in [4.69, 9.17) is 32.7 Å². The largest absolute Gasteiger partial charge is 0.454 e. The summed E-state index contributed by atoms with van der Waals surface area (Å²) in [6, 6.07) is 12.2. The Kier molecular flexibility index (Phi) is 4.26. The van der Waals surface area contributed by atoms with E-state index < -0.39 is 0 Å². The van der Waals surface area contributed by atoms with E-state index in [2.05, 4.69) is 20.3 Å². The number of hydrogen-bond donors (Lipinski definition) is 2. The first-order chi connectivity index (χ1) is 14.1. The van der Waals surface area contributed by atoms with Gasteiger partial charge in [-0.25, -0.2) is 4.98 Å². The van der Waals surface area contributed by atoms with Gasteiger partial charge in [-0.15, -0.1) is 0 Å². The highest BCUT2D eigenvalue weighted by Gasteiger charge is 2.17. The van der Waals surface area contributed by atoms with Gasteiger partial charge in [0.05, 0.1) is 16.1 Å². The van der Waals surface area contributed by atoms with Crippen LogP contribution in [0.1, 0.15) is 0 Å². The van der Waals surface area contributed by atoms with Crippen molar-refractivity contribution in [2.24, 2.45) is 0 Å². The molecule has 4 aromatic rings. The molecule has 1 aliphatic rings. The molecule has 5 rings (SSSR count). The van der Waals surface area contributed by atoms with E-state index in [0.29, 0.717) is 43.8 Å². The van der Waals surface area contributed by atoms with Crippen LogP contribution < -0.4 is 20.3 Å². The molecule has 2 N–H and O–H groups in total. The first-order valence-corrected chi connectivity index (χ1v) is 9.35. The van der Waals surface area contributed by atoms with E-state index in [0.717, 1.165) is 5.56 Å². The smallest absolute Gasteiger partial charge is 0.262 e. The maximum absolute atomic E-state index is 12.9. The second-order valence-electron chi connectivity index (χ2n) is 6.29. The number of fused-ring (bicyclic) bond motifs is 2. The number of aromatic amines is 1. The van der Waals surface area contributed by atoms with E-state index in [1.807, 2.05) is 18.2 Å². The standard InChI is InChI=1S/C20H12Cl2N4O3/c21-11-2-3-14(13(22)8-11)24-20-25-18-17(19(27)26-20)12(5-6-23-18)10-1-4-15-16(7-10)29-9-28-15/h1-8H,9H2,(H2,23,24,25,26,27). The Balaban J connectivity index is 1.59. The zero-order chi connectivity index (χ0) is 20.0. The van der Waals surface area contributed by atoms with Crippen LogP contribution in [0.25, 0.3) is 22.2 Å². The van der Waals surface area contributed by atoms with E-state index >= 15 is 0 Å². The number of aromatic nitrogens is 3. The summed E-state index contributed by atoms with van der Waals surface area (Å²) in [5.41, 5.74) is 2.03. The maximum Gasteiger partial charge on any atom is 0.262 e.